The van der Waals surface area contributed by atoms with E-state index in [9.17, 15) is 4.79 Å². The first kappa shape index (κ1) is 12.9. The van der Waals surface area contributed by atoms with Gasteiger partial charge in [0.25, 0.3) is 0 Å². The Balaban J connectivity index is 2.16. The Labute approximate surface area is 118 Å². The molecule has 19 heavy (non-hydrogen) atoms. The quantitative estimate of drug-likeness (QED) is 0.858. The number of benzene rings is 1. The van der Waals surface area contributed by atoms with Crippen molar-refractivity contribution in [3.8, 4) is 0 Å². The standard InChI is InChI=1S/C15H19ClN2O/c1-2-18-9-10-3-4-11(16)7-13(10)15(14(18)19)6-5-12(17)8-15/h3-4,7,12H,2,5-6,8-9,17H2,1H3. The van der Waals surface area contributed by atoms with Crippen molar-refractivity contribution in [3.05, 3.63) is 34.3 Å². The van der Waals surface area contributed by atoms with Crippen LogP contribution in [-0.2, 0) is 16.8 Å². The highest BCUT2D eigenvalue weighted by Crippen LogP contribution is 2.47. The number of rotatable bonds is 1. The van der Waals surface area contributed by atoms with Crippen LogP contribution in [0.4, 0.5) is 0 Å². The Morgan fingerprint density at radius 2 is 2.32 bits per heavy atom. The van der Waals surface area contributed by atoms with Gasteiger partial charge in [0.05, 0.1) is 5.41 Å². The first-order valence-corrected chi connectivity index (χ1v) is 7.28. The average Bonchev–Trinajstić information content (AvgIpc) is 2.78. The average molecular weight is 279 g/mol. The predicted molar refractivity (Wildman–Crippen MR) is 76.0 cm³/mol. The normalized spacial score (nSPS) is 29.9. The van der Waals surface area contributed by atoms with Crippen molar-refractivity contribution in [1.29, 1.82) is 0 Å². The van der Waals surface area contributed by atoms with Crippen molar-refractivity contribution in [2.75, 3.05) is 6.54 Å². The van der Waals surface area contributed by atoms with Crippen LogP contribution in [-0.4, -0.2) is 23.4 Å². The van der Waals surface area contributed by atoms with E-state index in [4.69, 9.17) is 17.3 Å². The Morgan fingerprint density at radius 1 is 1.53 bits per heavy atom. The van der Waals surface area contributed by atoms with Crippen LogP contribution >= 0.6 is 11.6 Å². The Hall–Kier alpha value is -1.06. The zero-order valence-electron chi connectivity index (χ0n) is 11.2. The van der Waals surface area contributed by atoms with Crippen LogP contribution in [0.3, 0.4) is 0 Å². The lowest BCUT2D eigenvalue weighted by Gasteiger charge is -2.41. The van der Waals surface area contributed by atoms with E-state index in [2.05, 4.69) is 6.07 Å². The van der Waals surface area contributed by atoms with E-state index in [1.54, 1.807) is 0 Å². The van der Waals surface area contributed by atoms with Crippen LogP contribution in [0, 0.1) is 0 Å². The molecule has 1 amide bonds. The first-order chi connectivity index (χ1) is 9.06. The fourth-order valence-corrected chi connectivity index (χ4v) is 3.78. The number of halogens is 1. The Morgan fingerprint density at radius 3 is 2.95 bits per heavy atom. The van der Waals surface area contributed by atoms with E-state index in [0.717, 1.165) is 31.4 Å². The summed E-state index contributed by atoms with van der Waals surface area (Å²) in [5.74, 6) is 0.234. The molecule has 1 spiro atoms. The van der Waals surface area contributed by atoms with Crippen molar-refractivity contribution in [2.24, 2.45) is 5.73 Å². The summed E-state index contributed by atoms with van der Waals surface area (Å²) in [6.45, 7) is 3.47. The summed E-state index contributed by atoms with van der Waals surface area (Å²) < 4.78 is 0. The van der Waals surface area contributed by atoms with Gasteiger partial charge in [-0.3, -0.25) is 4.79 Å². The molecule has 1 aromatic carbocycles. The molecule has 0 aromatic heterocycles. The van der Waals surface area contributed by atoms with Crippen molar-refractivity contribution >= 4 is 17.5 Å². The predicted octanol–water partition coefficient (Wildman–Crippen LogP) is 2.45. The Bertz CT molecular complexity index is 531. The molecule has 102 valence electrons. The number of hydrogen-bond acceptors (Lipinski definition) is 2. The monoisotopic (exact) mass is 278 g/mol. The molecule has 1 aromatic rings. The summed E-state index contributed by atoms with van der Waals surface area (Å²) in [6, 6.07) is 6.05. The lowest BCUT2D eigenvalue weighted by atomic mass is 9.73. The van der Waals surface area contributed by atoms with Crippen LogP contribution in [0.25, 0.3) is 0 Å². The van der Waals surface area contributed by atoms with Gasteiger partial charge >= 0.3 is 0 Å². The van der Waals surface area contributed by atoms with E-state index < -0.39 is 5.41 Å². The van der Waals surface area contributed by atoms with Gasteiger partial charge in [-0.1, -0.05) is 17.7 Å². The summed E-state index contributed by atoms with van der Waals surface area (Å²) >= 11 is 6.14. The highest BCUT2D eigenvalue weighted by atomic mass is 35.5. The number of nitrogens with zero attached hydrogens (tertiary/aromatic N) is 1. The molecule has 3 nitrogen and oxygen atoms in total. The lowest BCUT2D eigenvalue weighted by molar-refractivity contribution is -0.139. The molecule has 0 bridgehead atoms. The molecule has 1 saturated carbocycles. The van der Waals surface area contributed by atoms with Crippen molar-refractivity contribution in [1.82, 2.24) is 4.90 Å². The van der Waals surface area contributed by atoms with Gasteiger partial charge < -0.3 is 10.6 Å². The zero-order chi connectivity index (χ0) is 13.6. The number of amides is 1. The second-order valence-electron chi connectivity index (χ2n) is 5.71. The van der Waals surface area contributed by atoms with E-state index >= 15 is 0 Å². The molecular weight excluding hydrogens is 260 g/mol. The van der Waals surface area contributed by atoms with Gasteiger partial charge in [-0.25, -0.2) is 0 Å². The summed E-state index contributed by atoms with van der Waals surface area (Å²) in [5, 5.41) is 0.705. The summed E-state index contributed by atoms with van der Waals surface area (Å²) in [6.07, 6.45) is 2.50. The van der Waals surface area contributed by atoms with Gasteiger partial charge in [0.1, 0.15) is 0 Å². The molecule has 0 radical (unpaired) electrons. The fourth-order valence-electron chi connectivity index (χ4n) is 3.61. The summed E-state index contributed by atoms with van der Waals surface area (Å²) in [7, 11) is 0. The molecule has 1 aliphatic heterocycles. The summed E-state index contributed by atoms with van der Waals surface area (Å²) in [4.78, 5) is 14.8. The van der Waals surface area contributed by atoms with Crippen LogP contribution in [0.2, 0.25) is 5.02 Å². The number of nitrogens with two attached hydrogens (primary N) is 1. The molecule has 4 heteroatoms. The minimum atomic E-state index is -0.423. The second-order valence-corrected chi connectivity index (χ2v) is 6.14. The number of fused-ring (bicyclic) bond motifs is 2. The van der Waals surface area contributed by atoms with Crippen LogP contribution in [0.1, 0.15) is 37.3 Å². The van der Waals surface area contributed by atoms with Crippen molar-refractivity contribution < 1.29 is 4.79 Å². The van der Waals surface area contributed by atoms with Crippen LogP contribution < -0.4 is 5.73 Å². The largest absolute Gasteiger partial charge is 0.338 e. The molecule has 1 heterocycles. The van der Waals surface area contributed by atoms with E-state index in [1.807, 2.05) is 24.0 Å². The second kappa shape index (κ2) is 4.50. The van der Waals surface area contributed by atoms with Gasteiger partial charge in [-0.05, 0) is 49.4 Å². The number of hydrogen-bond donors (Lipinski definition) is 1. The molecule has 3 rings (SSSR count). The maximum absolute atomic E-state index is 12.8. The molecule has 1 fully saturated rings. The molecular formula is C15H19ClN2O. The highest BCUT2D eigenvalue weighted by molar-refractivity contribution is 6.30. The fraction of sp³-hybridized carbons (Fsp3) is 0.533. The minimum Gasteiger partial charge on any atom is -0.338 e. The molecule has 2 N–H and O–H groups in total. The third-order valence-corrected chi connectivity index (χ3v) is 4.81. The van der Waals surface area contributed by atoms with Gasteiger partial charge in [0, 0.05) is 24.2 Å². The van der Waals surface area contributed by atoms with Crippen LogP contribution in [0.5, 0.6) is 0 Å². The highest BCUT2D eigenvalue weighted by Gasteiger charge is 2.50. The van der Waals surface area contributed by atoms with Gasteiger partial charge in [0.2, 0.25) is 5.91 Å². The third kappa shape index (κ3) is 1.87. The topological polar surface area (TPSA) is 46.3 Å². The van der Waals surface area contributed by atoms with Gasteiger partial charge in [-0.2, -0.15) is 0 Å². The minimum absolute atomic E-state index is 0.118. The Kier molecular flexibility index (Phi) is 3.06. The molecule has 2 atom stereocenters. The molecule has 2 unspecified atom stereocenters. The maximum Gasteiger partial charge on any atom is 0.233 e. The van der Waals surface area contributed by atoms with Crippen molar-refractivity contribution in [3.63, 3.8) is 0 Å². The first-order valence-electron chi connectivity index (χ1n) is 6.90. The molecule has 0 saturated heterocycles. The lowest BCUT2D eigenvalue weighted by Crippen LogP contribution is -2.50. The van der Waals surface area contributed by atoms with Crippen molar-refractivity contribution in [2.45, 2.75) is 44.2 Å². The smallest absolute Gasteiger partial charge is 0.233 e. The van der Waals surface area contributed by atoms with E-state index in [1.165, 1.54) is 5.56 Å². The van der Waals surface area contributed by atoms with Gasteiger partial charge in [0.15, 0.2) is 0 Å². The molecule has 2 aliphatic rings. The van der Waals surface area contributed by atoms with Crippen LogP contribution in [0.15, 0.2) is 18.2 Å². The van der Waals surface area contributed by atoms with E-state index in [0.29, 0.717) is 11.6 Å². The third-order valence-electron chi connectivity index (χ3n) is 4.58. The number of likely N-dealkylation sites (N-methyl/N-ethyl adjacent to an activating group) is 1. The van der Waals surface area contributed by atoms with Gasteiger partial charge in [-0.15, -0.1) is 0 Å². The van der Waals surface area contributed by atoms with E-state index in [-0.39, 0.29) is 11.9 Å². The zero-order valence-corrected chi connectivity index (χ0v) is 11.9. The maximum atomic E-state index is 12.8. The summed E-state index contributed by atoms with van der Waals surface area (Å²) in [5.41, 5.74) is 7.99. The number of carbonyl (C=O) groups is 1. The SMILES string of the molecule is CCN1Cc2ccc(Cl)cc2C2(CCC(N)C2)C1=O. The number of carbonyl (C=O) groups excluding carboxylic acids is 1. The molecule has 1 aliphatic carbocycles.